The van der Waals surface area contributed by atoms with Gasteiger partial charge in [-0.25, -0.2) is 13.4 Å². The Bertz CT molecular complexity index is 749. The van der Waals surface area contributed by atoms with Crippen molar-refractivity contribution in [2.24, 2.45) is 0 Å². The van der Waals surface area contributed by atoms with Gasteiger partial charge in [-0.15, -0.1) is 0 Å². The molecule has 21 heavy (non-hydrogen) atoms. The van der Waals surface area contributed by atoms with Gasteiger partial charge in [-0.1, -0.05) is 0 Å². The molecule has 112 valence electrons. The summed E-state index contributed by atoms with van der Waals surface area (Å²) >= 11 is 5.91. The zero-order valence-electron chi connectivity index (χ0n) is 11.1. The second kappa shape index (κ2) is 5.19. The van der Waals surface area contributed by atoms with E-state index in [2.05, 4.69) is 25.0 Å². The van der Waals surface area contributed by atoms with E-state index in [4.69, 9.17) is 11.6 Å². The molecule has 1 unspecified atom stereocenters. The van der Waals surface area contributed by atoms with E-state index in [1.165, 1.54) is 17.3 Å². The Hall–Kier alpha value is -1.81. The van der Waals surface area contributed by atoms with Crippen molar-refractivity contribution in [1.29, 1.82) is 0 Å². The standard InChI is InChI=1S/C10H12ClN7O2S/c1-17(7-2-3-21(19,20)4-7)9-14-8(11)15-10(16-9)18-6-12-5-13-18/h5-7H,2-4H2,1H3. The highest BCUT2D eigenvalue weighted by Crippen LogP contribution is 2.21. The summed E-state index contributed by atoms with van der Waals surface area (Å²) in [6.07, 6.45) is 3.33. The summed E-state index contributed by atoms with van der Waals surface area (Å²) in [5.74, 6) is 0.806. The molecule has 1 aliphatic heterocycles. The predicted octanol–water partition coefficient (Wildman–Crippen LogP) is -0.271. The van der Waals surface area contributed by atoms with Crippen LogP contribution in [0.1, 0.15) is 6.42 Å². The number of sulfone groups is 1. The lowest BCUT2D eigenvalue weighted by Gasteiger charge is -2.23. The van der Waals surface area contributed by atoms with Gasteiger partial charge in [0.15, 0.2) is 9.84 Å². The molecule has 11 heteroatoms. The number of hydrogen-bond donors (Lipinski definition) is 0. The van der Waals surface area contributed by atoms with Crippen molar-refractivity contribution in [2.75, 3.05) is 23.5 Å². The molecule has 0 spiro atoms. The maximum Gasteiger partial charge on any atom is 0.258 e. The fourth-order valence-corrected chi connectivity index (χ4v) is 4.07. The number of hydrogen-bond acceptors (Lipinski definition) is 8. The van der Waals surface area contributed by atoms with Crippen molar-refractivity contribution in [1.82, 2.24) is 29.7 Å². The summed E-state index contributed by atoms with van der Waals surface area (Å²) in [6.45, 7) is 0. The van der Waals surface area contributed by atoms with E-state index in [9.17, 15) is 8.42 Å². The van der Waals surface area contributed by atoms with Crippen molar-refractivity contribution < 1.29 is 8.42 Å². The van der Waals surface area contributed by atoms with Crippen LogP contribution in [-0.2, 0) is 9.84 Å². The molecule has 0 aromatic carbocycles. The van der Waals surface area contributed by atoms with Crippen molar-refractivity contribution in [3.8, 4) is 5.95 Å². The van der Waals surface area contributed by atoms with Gasteiger partial charge in [0.05, 0.1) is 11.5 Å². The second-order valence-electron chi connectivity index (χ2n) is 4.71. The zero-order chi connectivity index (χ0) is 15.0. The Morgan fingerprint density at radius 1 is 1.38 bits per heavy atom. The lowest BCUT2D eigenvalue weighted by molar-refractivity contribution is 0.600. The van der Waals surface area contributed by atoms with E-state index in [1.807, 2.05) is 0 Å². The number of halogens is 1. The van der Waals surface area contributed by atoms with Crippen LogP contribution >= 0.6 is 11.6 Å². The maximum absolute atomic E-state index is 11.6. The van der Waals surface area contributed by atoms with Crippen LogP contribution in [0.2, 0.25) is 5.28 Å². The average Bonchev–Trinajstić information content (AvgIpc) is 3.06. The fourth-order valence-electron chi connectivity index (χ4n) is 2.15. The molecule has 2 aromatic rings. The van der Waals surface area contributed by atoms with Crippen LogP contribution in [0.15, 0.2) is 12.7 Å². The van der Waals surface area contributed by atoms with Gasteiger partial charge in [-0.2, -0.15) is 24.7 Å². The van der Waals surface area contributed by atoms with E-state index in [1.54, 1.807) is 11.9 Å². The highest BCUT2D eigenvalue weighted by atomic mass is 35.5. The van der Waals surface area contributed by atoms with Gasteiger partial charge < -0.3 is 4.90 Å². The normalized spacial score (nSPS) is 20.6. The molecule has 0 amide bonds. The Morgan fingerprint density at radius 3 is 2.81 bits per heavy atom. The van der Waals surface area contributed by atoms with Gasteiger partial charge in [0.25, 0.3) is 5.95 Å². The van der Waals surface area contributed by atoms with Crippen molar-refractivity contribution >= 4 is 27.4 Å². The Morgan fingerprint density at radius 2 is 2.19 bits per heavy atom. The first kappa shape index (κ1) is 14.1. The first-order valence-corrected chi connectivity index (χ1v) is 8.34. The van der Waals surface area contributed by atoms with Crippen LogP contribution in [0.25, 0.3) is 5.95 Å². The van der Waals surface area contributed by atoms with Crippen LogP contribution in [0, 0.1) is 0 Å². The Labute approximate surface area is 125 Å². The van der Waals surface area contributed by atoms with Crippen LogP contribution in [-0.4, -0.2) is 62.7 Å². The van der Waals surface area contributed by atoms with Gasteiger partial charge in [0.1, 0.15) is 12.7 Å². The van der Waals surface area contributed by atoms with E-state index in [0.717, 1.165) is 0 Å². The lowest BCUT2D eigenvalue weighted by Crippen LogP contribution is -2.34. The molecule has 1 atom stereocenters. The summed E-state index contributed by atoms with van der Waals surface area (Å²) in [5, 5.41) is 3.94. The molecule has 9 nitrogen and oxygen atoms in total. The molecule has 0 bridgehead atoms. The highest BCUT2D eigenvalue weighted by Gasteiger charge is 2.32. The van der Waals surface area contributed by atoms with Gasteiger partial charge >= 0.3 is 0 Å². The minimum absolute atomic E-state index is 0.0122. The van der Waals surface area contributed by atoms with E-state index in [-0.39, 0.29) is 28.8 Å². The molecule has 3 rings (SSSR count). The SMILES string of the molecule is CN(c1nc(Cl)nc(-n2cncn2)n1)C1CCS(=O)(=O)C1. The van der Waals surface area contributed by atoms with Gasteiger partial charge in [-0.3, -0.25) is 0 Å². The topological polar surface area (TPSA) is 107 Å². The van der Waals surface area contributed by atoms with Crippen LogP contribution in [0.3, 0.4) is 0 Å². The van der Waals surface area contributed by atoms with E-state index >= 15 is 0 Å². The first-order chi connectivity index (χ1) is 9.94. The predicted molar refractivity (Wildman–Crippen MR) is 75.2 cm³/mol. The molecule has 0 radical (unpaired) electrons. The Balaban J connectivity index is 1.92. The summed E-state index contributed by atoms with van der Waals surface area (Å²) in [5.41, 5.74) is 0. The fraction of sp³-hybridized carbons (Fsp3) is 0.500. The highest BCUT2D eigenvalue weighted by molar-refractivity contribution is 7.91. The molecule has 0 saturated carbocycles. The minimum Gasteiger partial charge on any atom is -0.340 e. The number of rotatable bonds is 3. The summed E-state index contributed by atoms with van der Waals surface area (Å²) in [6, 6.07) is -0.169. The minimum atomic E-state index is -2.99. The maximum atomic E-state index is 11.6. The molecule has 1 fully saturated rings. The largest absolute Gasteiger partial charge is 0.340 e. The summed E-state index contributed by atoms with van der Waals surface area (Å²) in [7, 11) is -1.25. The number of anilines is 1. The zero-order valence-corrected chi connectivity index (χ0v) is 12.7. The quantitative estimate of drug-likeness (QED) is 0.757. The average molecular weight is 330 g/mol. The van der Waals surface area contributed by atoms with Crippen molar-refractivity contribution in [3.63, 3.8) is 0 Å². The smallest absolute Gasteiger partial charge is 0.258 e. The van der Waals surface area contributed by atoms with Crippen LogP contribution < -0.4 is 4.90 Å². The molecule has 1 saturated heterocycles. The third kappa shape index (κ3) is 2.95. The number of nitrogens with zero attached hydrogens (tertiary/aromatic N) is 7. The van der Waals surface area contributed by atoms with Crippen molar-refractivity contribution in [3.05, 3.63) is 17.9 Å². The molecule has 1 aliphatic rings. The van der Waals surface area contributed by atoms with E-state index < -0.39 is 9.84 Å². The molecule has 0 N–H and O–H groups in total. The lowest BCUT2D eigenvalue weighted by atomic mass is 10.2. The monoisotopic (exact) mass is 329 g/mol. The molecule has 3 heterocycles. The molecular formula is C10H12ClN7O2S. The van der Waals surface area contributed by atoms with Gasteiger partial charge in [0, 0.05) is 13.1 Å². The number of aromatic nitrogens is 6. The third-order valence-corrected chi connectivity index (χ3v) is 5.20. The van der Waals surface area contributed by atoms with Gasteiger partial charge in [-0.05, 0) is 18.0 Å². The summed E-state index contributed by atoms with van der Waals surface area (Å²) in [4.78, 5) is 17.8. The van der Waals surface area contributed by atoms with E-state index in [0.29, 0.717) is 12.4 Å². The Kier molecular flexibility index (Phi) is 3.49. The first-order valence-electron chi connectivity index (χ1n) is 6.14. The van der Waals surface area contributed by atoms with Crippen LogP contribution in [0.5, 0.6) is 0 Å². The molecule has 2 aromatic heterocycles. The van der Waals surface area contributed by atoms with Gasteiger partial charge in [0.2, 0.25) is 11.2 Å². The van der Waals surface area contributed by atoms with Crippen LogP contribution in [0.4, 0.5) is 5.95 Å². The third-order valence-electron chi connectivity index (χ3n) is 3.28. The molecular weight excluding hydrogens is 318 g/mol. The second-order valence-corrected chi connectivity index (χ2v) is 7.28. The molecule has 0 aliphatic carbocycles. The van der Waals surface area contributed by atoms with Crippen molar-refractivity contribution in [2.45, 2.75) is 12.5 Å². The summed E-state index contributed by atoms with van der Waals surface area (Å²) < 4.78 is 24.5.